The molecule has 1 aliphatic heterocycles. The van der Waals surface area contributed by atoms with Crippen LogP contribution < -0.4 is 5.32 Å². The molecule has 0 radical (unpaired) electrons. The lowest BCUT2D eigenvalue weighted by molar-refractivity contribution is 0.402. The molecule has 1 saturated heterocycles. The standard InChI is InChI=1S/C12H15N3O2/c1-2-4-10(13-6-3-1)11-14-12(17-15-11)9-5-7-16-8-9/h5,7-8,10,13H,1-4,6H2. The van der Waals surface area contributed by atoms with Crippen LogP contribution in [0, 0.1) is 0 Å². The second-order valence-corrected chi connectivity index (χ2v) is 4.33. The molecular formula is C12H15N3O2. The molecule has 0 bridgehead atoms. The van der Waals surface area contributed by atoms with Crippen molar-refractivity contribution in [1.29, 1.82) is 0 Å². The Morgan fingerprint density at radius 3 is 3.18 bits per heavy atom. The van der Waals surface area contributed by atoms with Crippen molar-refractivity contribution in [2.24, 2.45) is 0 Å². The summed E-state index contributed by atoms with van der Waals surface area (Å²) in [6.45, 7) is 1.03. The van der Waals surface area contributed by atoms with Crippen LogP contribution in [0.15, 0.2) is 27.5 Å². The van der Waals surface area contributed by atoms with Crippen molar-refractivity contribution in [3.05, 3.63) is 24.4 Å². The second-order valence-electron chi connectivity index (χ2n) is 4.33. The number of rotatable bonds is 2. The molecule has 0 spiro atoms. The molecule has 1 N–H and O–H groups in total. The van der Waals surface area contributed by atoms with E-state index in [1.54, 1.807) is 12.5 Å². The van der Waals surface area contributed by atoms with Crippen molar-refractivity contribution in [3.63, 3.8) is 0 Å². The van der Waals surface area contributed by atoms with Gasteiger partial charge < -0.3 is 14.3 Å². The Labute approximate surface area is 99.2 Å². The molecule has 0 aliphatic carbocycles. The summed E-state index contributed by atoms with van der Waals surface area (Å²) in [7, 11) is 0. The van der Waals surface area contributed by atoms with Gasteiger partial charge in [0.05, 0.1) is 17.9 Å². The van der Waals surface area contributed by atoms with E-state index in [1.807, 2.05) is 6.07 Å². The van der Waals surface area contributed by atoms with Gasteiger partial charge in [0.2, 0.25) is 0 Å². The van der Waals surface area contributed by atoms with Crippen molar-refractivity contribution in [2.45, 2.75) is 31.7 Å². The fourth-order valence-electron chi connectivity index (χ4n) is 2.13. The zero-order chi connectivity index (χ0) is 11.5. The third-order valence-corrected chi connectivity index (χ3v) is 3.08. The lowest BCUT2D eigenvalue weighted by atomic mass is 10.1. The molecule has 1 fully saturated rings. The predicted molar refractivity (Wildman–Crippen MR) is 61.2 cm³/mol. The fourth-order valence-corrected chi connectivity index (χ4v) is 2.13. The fraction of sp³-hybridized carbons (Fsp3) is 0.500. The van der Waals surface area contributed by atoms with Gasteiger partial charge in [0.1, 0.15) is 6.26 Å². The Kier molecular flexibility index (Phi) is 2.92. The minimum absolute atomic E-state index is 0.224. The number of hydrogen-bond donors (Lipinski definition) is 1. The molecule has 1 unspecified atom stereocenters. The van der Waals surface area contributed by atoms with E-state index in [4.69, 9.17) is 8.94 Å². The first kappa shape index (κ1) is 10.5. The Balaban J connectivity index is 1.79. The summed E-state index contributed by atoms with van der Waals surface area (Å²) in [5.41, 5.74) is 0.831. The molecule has 90 valence electrons. The van der Waals surface area contributed by atoms with E-state index >= 15 is 0 Å². The van der Waals surface area contributed by atoms with Crippen LogP contribution in [0.1, 0.15) is 37.5 Å². The Hall–Kier alpha value is -1.62. The molecule has 2 aromatic heterocycles. The summed E-state index contributed by atoms with van der Waals surface area (Å²) in [4.78, 5) is 4.42. The highest BCUT2D eigenvalue weighted by atomic mass is 16.5. The van der Waals surface area contributed by atoms with Gasteiger partial charge in [-0.25, -0.2) is 0 Å². The van der Waals surface area contributed by atoms with Crippen LogP contribution >= 0.6 is 0 Å². The van der Waals surface area contributed by atoms with Crippen LogP contribution in [0.3, 0.4) is 0 Å². The van der Waals surface area contributed by atoms with Crippen molar-refractivity contribution in [1.82, 2.24) is 15.5 Å². The van der Waals surface area contributed by atoms with Crippen LogP contribution in [0.2, 0.25) is 0 Å². The van der Waals surface area contributed by atoms with Crippen LogP contribution in [0.4, 0.5) is 0 Å². The van der Waals surface area contributed by atoms with Crippen LogP contribution in [-0.4, -0.2) is 16.7 Å². The van der Waals surface area contributed by atoms with Crippen molar-refractivity contribution >= 4 is 0 Å². The average Bonchev–Trinajstić information content (AvgIpc) is 2.95. The summed E-state index contributed by atoms with van der Waals surface area (Å²) in [6, 6.07) is 2.04. The van der Waals surface area contributed by atoms with Crippen LogP contribution in [0.25, 0.3) is 11.5 Å². The minimum Gasteiger partial charge on any atom is -0.472 e. The molecule has 0 saturated carbocycles. The average molecular weight is 233 g/mol. The van der Waals surface area contributed by atoms with Crippen LogP contribution in [-0.2, 0) is 0 Å². The quantitative estimate of drug-likeness (QED) is 0.863. The highest BCUT2D eigenvalue weighted by Gasteiger charge is 2.20. The Bertz CT molecular complexity index is 456. The molecule has 2 aromatic rings. The zero-order valence-corrected chi connectivity index (χ0v) is 9.56. The number of hydrogen-bond acceptors (Lipinski definition) is 5. The number of aromatic nitrogens is 2. The van der Waals surface area contributed by atoms with Crippen molar-refractivity contribution in [2.75, 3.05) is 6.54 Å². The Morgan fingerprint density at radius 2 is 2.29 bits per heavy atom. The van der Waals surface area contributed by atoms with Gasteiger partial charge >= 0.3 is 0 Å². The molecule has 3 rings (SSSR count). The van der Waals surface area contributed by atoms with Gasteiger partial charge in [-0.2, -0.15) is 4.98 Å². The first-order valence-corrected chi connectivity index (χ1v) is 6.03. The maximum atomic E-state index is 5.24. The third-order valence-electron chi connectivity index (χ3n) is 3.08. The van der Waals surface area contributed by atoms with E-state index < -0.39 is 0 Å². The molecule has 1 atom stereocenters. The van der Waals surface area contributed by atoms with Gasteiger partial charge in [-0.05, 0) is 25.5 Å². The third kappa shape index (κ3) is 2.24. The SMILES string of the molecule is c1cc(-c2nc(C3CCCCCN3)no2)co1. The van der Waals surface area contributed by atoms with E-state index in [0.717, 1.165) is 24.4 Å². The molecular weight excluding hydrogens is 218 g/mol. The summed E-state index contributed by atoms with van der Waals surface area (Å²) >= 11 is 0. The van der Waals surface area contributed by atoms with Crippen LogP contribution in [0.5, 0.6) is 0 Å². The van der Waals surface area contributed by atoms with E-state index in [2.05, 4.69) is 15.5 Å². The zero-order valence-electron chi connectivity index (χ0n) is 9.56. The summed E-state index contributed by atoms with van der Waals surface area (Å²) in [5, 5.41) is 7.50. The smallest absolute Gasteiger partial charge is 0.261 e. The number of nitrogens with one attached hydrogen (secondary N) is 1. The molecule has 0 aromatic carbocycles. The van der Waals surface area contributed by atoms with Gasteiger partial charge in [-0.1, -0.05) is 18.0 Å². The van der Waals surface area contributed by atoms with Crippen molar-refractivity contribution < 1.29 is 8.94 Å². The van der Waals surface area contributed by atoms with E-state index in [-0.39, 0.29) is 6.04 Å². The first-order chi connectivity index (χ1) is 8.43. The Morgan fingerprint density at radius 1 is 1.29 bits per heavy atom. The molecule has 5 heteroatoms. The maximum Gasteiger partial charge on any atom is 0.261 e. The van der Waals surface area contributed by atoms with E-state index in [1.165, 1.54) is 19.3 Å². The topological polar surface area (TPSA) is 64.1 Å². The molecule has 5 nitrogen and oxygen atoms in total. The van der Waals surface area contributed by atoms with Gasteiger partial charge in [-0.3, -0.25) is 0 Å². The second kappa shape index (κ2) is 4.71. The van der Waals surface area contributed by atoms with E-state index in [9.17, 15) is 0 Å². The summed E-state index contributed by atoms with van der Waals surface area (Å²) in [5.74, 6) is 1.28. The van der Waals surface area contributed by atoms with Gasteiger partial charge in [-0.15, -0.1) is 0 Å². The largest absolute Gasteiger partial charge is 0.472 e. The molecule has 17 heavy (non-hydrogen) atoms. The molecule has 3 heterocycles. The number of furan rings is 1. The van der Waals surface area contributed by atoms with E-state index in [0.29, 0.717) is 5.89 Å². The maximum absolute atomic E-state index is 5.24. The highest BCUT2D eigenvalue weighted by molar-refractivity contribution is 5.49. The normalized spacial score (nSPS) is 21.3. The lowest BCUT2D eigenvalue weighted by Gasteiger charge is -2.09. The van der Waals surface area contributed by atoms with Gasteiger partial charge in [0, 0.05) is 0 Å². The predicted octanol–water partition coefficient (Wildman–Crippen LogP) is 2.53. The van der Waals surface area contributed by atoms with Gasteiger partial charge in [0.15, 0.2) is 5.82 Å². The first-order valence-electron chi connectivity index (χ1n) is 6.03. The minimum atomic E-state index is 0.224. The summed E-state index contributed by atoms with van der Waals surface area (Å²) in [6.07, 6.45) is 8.00. The van der Waals surface area contributed by atoms with Gasteiger partial charge in [0.25, 0.3) is 5.89 Å². The van der Waals surface area contributed by atoms with Crippen molar-refractivity contribution in [3.8, 4) is 11.5 Å². The monoisotopic (exact) mass is 233 g/mol. The number of nitrogens with zero attached hydrogens (tertiary/aromatic N) is 2. The molecule has 0 amide bonds. The molecule has 1 aliphatic rings. The highest BCUT2D eigenvalue weighted by Crippen LogP contribution is 2.23. The lowest BCUT2D eigenvalue weighted by Crippen LogP contribution is -2.21. The summed E-state index contributed by atoms with van der Waals surface area (Å²) < 4.78 is 10.2.